The maximum absolute atomic E-state index is 13.3. The third-order valence-electron chi connectivity index (χ3n) is 4.51. The fourth-order valence-corrected chi connectivity index (χ4v) is 3.70. The fourth-order valence-electron chi connectivity index (χ4n) is 3.05. The van der Waals surface area contributed by atoms with Crippen LogP contribution >= 0.6 is 11.3 Å². The number of carbonyl (C=O) groups excluding carboxylic acids is 1. The lowest BCUT2D eigenvalue weighted by Crippen LogP contribution is -2.07. The van der Waals surface area contributed by atoms with Crippen LogP contribution in [0.4, 0.5) is 4.39 Å². The van der Waals surface area contributed by atoms with Gasteiger partial charge in [0.05, 0.1) is 27.2 Å². The molecule has 0 aliphatic carbocycles. The van der Waals surface area contributed by atoms with Crippen LogP contribution < -0.4 is 0 Å². The standard InChI is InChI=1S/C21H13FN4O4S/c1-11-18-14(9-15(23-20(18)30-25-11)12-4-6-13(22)7-5-12)21(27)28-10-17-24-19(26-29-17)16-3-2-8-31-16/h2-9H,10H2,1H3. The highest BCUT2D eigenvalue weighted by Gasteiger charge is 2.21. The molecule has 5 aromatic rings. The van der Waals surface area contributed by atoms with E-state index in [9.17, 15) is 9.18 Å². The number of halogens is 1. The van der Waals surface area contributed by atoms with Crippen LogP contribution in [0.2, 0.25) is 0 Å². The summed E-state index contributed by atoms with van der Waals surface area (Å²) in [6.07, 6.45) is 0. The summed E-state index contributed by atoms with van der Waals surface area (Å²) >= 11 is 1.47. The Morgan fingerprint density at radius 2 is 1.97 bits per heavy atom. The molecule has 0 aliphatic heterocycles. The first kappa shape index (κ1) is 19.1. The Bertz CT molecular complexity index is 1380. The number of carbonyl (C=O) groups is 1. The molecule has 10 heteroatoms. The van der Waals surface area contributed by atoms with Gasteiger partial charge in [0.15, 0.2) is 6.61 Å². The van der Waals surface area contributed by atoms with Crippen LogP contribution in [0.25, 0.3) is 33.1 Å². The maximum atomic E-state index is 13.3. The fraction of sp³-hybridized carbons (Fsp3) is 0.0952. The first-order chi connectivity index (χ1) is 15.1. The number of thiophene rings is 1. The van der Waals surface area contributed by atoms with Gasteiger partial charge < -0.3 is 13.8 Å². The molecule has 154 valence electrons. The first-order valence-corrected chi connectivity index (χ1v) is 10.0. The predicted octanol–water partition coefficient (Wildman–Crippen LogP) is 4.81. The second-order valence-corrected chi connectivity index (χ2v) is 7.52. The van der Waals surface area contributed by atoms with E-state index < -0.39 is 5.97 Å². The number of hydrogen-bond acceptors (Lipinski definition) is 9. The van der Waals surface area contributed by atoms with Gasteiger partial charge in [-0.1, -0.05) is 16.4 Å². The molecular weight excluding hydrogens is 423 g/mol. The summed E-state index contributed by atoms with van der Waals surface area (Å²) in [6.45, 7) is 1.50. The van der Waals surface area contributed by atoms with Crippen LogP contribution in [-0.2, 0) is 11.3 Å². The molecule has 0 bridgehead atoms. The molecule has 4 aromatic heterocycles. The lowest BCUT2D eigenvalue weighted by Gasteiger charge is -2.06. The number of ether oxygens (including phenoxy) is 1. The number of fused-ring (bicyclic) bond motifs is 1. The second kappa shape index (κ2) is 7.73. The molecule has 0 N–H and O–H groups in total. The Balaban J connectivity index is 1.43. The number of aryl methyl sites for hydroxylation is 1. The van der Waals surface area contributed by atoms with Crippen molar-refractivity contribution in [1.29, 1.82) is 0 Å². The van der Waals surface area contributed by atoms with Crippen LogP contribution in [0.3, 0.4) is 0 Å². The molecule has 0 atom stereocenters. The van der Waals surface area contributed by atoms with Crippen molar-refractivity contribution in [3.8, 4) is 22.0 Å². The minimum Gasteiger partial charge on any atom is -0.452 e. The van der Waals surface area contributed by atoms with Crippen molar-refractivity contribution in [2.24, 2.45) is 0 Å². The number of esters is 1. The van der Waals surface area contributed by atoms with Gasteiger partial charge in [0.1, 0.15) is 5.82 Å². The molecule has 4 heterocycles. The number of pyridine rings is 1. The van der Waals surface area contributed by atoms with Gasteiger partial charge in [-0.05, 0) is 48.7 Å². The molecule has 0 spiro atoms. The van der Waals surface area contributed by atoms with E-state index >= 15 is 0 Å². The number of nitrogens with zero attached hydrogens (tertiary/aromatic N) is 4. The molecule has 8 nitrogen and oxygen atoms in total. The lowest BCUT2D eigenvalue weighted by atomic mass is 10.1. The summed E-state index contributed by atoms with van der Waals surface area (Å²) in [5, 5.41) is 10.1. The highest BCUT2D eigenvalue weighted by atomic mass is 32.1. The van der Waals surface area contributed by atoms with E-state index in [4.69, 9.17) is 13.8 Å². The normalized spacial score (nSPS) is 11.2. The molecule has 0 fully saturated rings. The summed E-state index contributed by atoms with van der Waals surface area (Å²) in [5.74, 6) is -0.400. The van der Waals surface area contributed by atoms with Crippen molar-refractivity contribution in [3.63, 3.8) is 0 Å². The van der Waals surface area contributed by atoms with E-state index in [0.717, 1.165) is 4.88 Å². The van der Waals surface area contributed by atoms with Crippen molar-refractivity contribution in [1.82, 2.24) is 20.3 Å². The molecule has 0 saturated carbocycles. The maximum Gasteiger partial charge on any atom is 0.339 e. The van der Waals surface area contributed by atoms with Gasteiger partial charge in [-0.2, -0.15) is 4.98 Å². The molecule has 0 amide bonds. The van der Waals surface area contributed by atoms with Crippen LogP contribution in [-0.4, -0.2) is 26.3 Å². The van der Waals surface area contributed by atoms with Gasteiger partial charge in [0.25, 0.3) is 11.6 Å². The van der Waals surface area contributed by atoms with Crippen molar-refractivity contribution in [3.05, 3.63) is 70.8 Å². The molecule has 5 rings (SSSR count). The highest BCUT2D eigenvalue weighted by molar-refractivity contribution is 7.13. The third-order valence-corrected chi connectivity index (χ3v) is 5.38. The van der Waals surface area contributed by atoms with E-state index in [0.29, 0.717) is 28.2 Å². The topological polar surface area (TPSA) is 104 Å². The minimum absolute atomic E-state index is 0.169. The number of hydrogen-bond donors (Lipinski definition) is 0. The summed E-state index contributed by atoms with van der Waals surface area (Å²) in [6, 6.07) is 11.1. The zero-order valence-corrected chi connectivity index (χ0v) is 16.9. The number of benzene rings is 1. The van der Waals surface area contributed by atoms with Gasteiger partial charge in [-0.25, -0.2) is 14.2 Å². The first-order valence-electron chi connectivity index (χ1n) is 9.15. The Labute approximate surface area is 178 Å². The van der Waals surface area contributed by atoms with Crippen LogP contribution in [0.15, 0.2) is 56.9 Å². The molecule has 0 aliphatic rings. The minimum atomic E-state index is -0.627. The summed E-state index contributed by atoms with van der Waals surface area (Å²) in [7, 11) is 0. The molecule has 31 heavy (non-hydrogen) atoms. The van der Waals surface area contributed by atoms with E-state index in [1.807, 2.05) is 17.5 Å². The molecule has 0 radical (unpaired) electrons. The monoisotopic (exact) mass is 436 g/mol. The predicted molar refractivity (Wildman–Crippen MR) is 109 cm³/mol. The van der Waals surface area contributed by atoms with Crippen LogP contribution in [0.5, 0.6) is 0 Å². The van der Waals surface area contributed by atoms with Crippen molar-refractivity contribution in [2.75, 3.05) is 0 Å². The Morgan fingerprint density at radius 1 is 1.13 bits per heavy atom. The third kappa shape index (κ3) is 3.68. The van der Waals surface area contributed by atoms with Crippen molar-refractivity contribution < 1.29 is 23.0 Å². The smallest absolute Gasteiger partial charge is 0.339 e. The summed E-state index contributed by atoms with van der Waals surface area (Å²) in [4.78, 5) is 22.4. The number of aromatic nitrogens is 4. The quantitative estimate of drug-likeness (QED) is 0.362. The van der Waals surface area contributed by atoms with Crippen molar-refractivity contribution >= 4 is 28.4 Å². The Morgan fingerprint density at radius 3 is 2.74 bits per heavy atom. The van der Waals surface area contributed by atoms with E-state index in [2.05, 4.69) is 20.3 Å². The number of rotatable bonds is 5. The van der Waals surface area contributed by atoms with Crippen LogP contribution in [0, 0.1) is 12.7 Å². The Hall–Kier alpha value is -3.92. The zero-order chi connectivity index (χ0) is 21.4. The van der Waals surface area contributed by atoms with Gasteiger partial charge in [-0.3, -0.25) is 0 Å². The van der Waals surface area contributed by atoms with E-state index in [-0.39, 0.29) is 29.6 Å². The average molecular weight is 436 g/mol. The molecule has 0 saturated heterocycles. The van der Waals surface area contributed by atoms with E-state index in [1.165, 1.54) is 23.5 Å². The Kier molecular flexibility index (Phi) is 4.75. The van der Waals surface area contributed by atoms with Gasteiger partial charge in [0, 0.05) is 5.56 Å². The summed E-state index contributed by atoms with van der Waals surface area (Å²) < 4.78 is 29.1. The molecular formula is C21H13FN4O4S. The largest absolute Gasteiger partial charge is 0.452 e. The summed E-state index contributed by atoms with van der Waals surface area (Å²) in [5.41, 5.74) is 1.94. The van der Waals surface area contributed by atoms with Gasteiger partial charge >= 0.3 is 5.97 Å². The molecule has 1 aromatic carbocycles. The SMILES string of the molecule is Cc1noc2nc(-c3ccc(F)cc3)cc(C(=O)OCc3nc(-c4cccs4)no3)c12. The van der Waals surface area contributed by atoms with Crippen molar-refractivity contribution in [2.45, 2.75) is 13.5 Å². The second-order valence-electron chi connectivity index (χ2n) is 6.58. The van der Waals surface area contributed by atoms with E-state index in [1.54, 1.807) is 25.1 Å². The molecule has 0 unspecified atom stereocenters. The highest BCUT2D eigenvalue weighted by Crippen LogP contribution is 2.28. The van der Waals surface area contributed by atoms with Crippen LogP contribution in [0.1, 0.15) is 21.9 Å². The lowest BCUT2D eigenvalue weighted by molar-refractivity contribution is 0.0432. The van der Waals surface area contributed by atoms with Gasteiger partial charge in [0.2, 0.25) is 5.82 Å². The average Bonchev–Trinajstić information content (AvgIpc) is 3.53. The van der Waals surface area contributed by atoms with Gasteiger partial charge in [-0.15, -0.1) is 11.3 Å². The zero-order valence-electron chi connectivity index (χ0n) is 16.0.